The minimum atomic E-state index is -4.29. The van der Waals surface area contributed by atoms with Crippen LogP contribution in [-0.4, -0.2) is 24.0 Å². The number of hydrogen-bond donors (Lipinski definition) is 0. The number of hydrogen-bond acceptors (Lipinski definition) is 6. The standard InChI is InChI=1S/C21H21BO6S2/c1-16-4-10-19(11-5-16)22(27-29(23,24)20-12-6-17(2)7-13-20)28-30(25,26)21-14-8-18(3)9-15-21/h4-15H,1-3H3. The van der Waals surface area contributed by atoms with E-state index in [0.29, 0.717) is 0 Å². The van der Waals surface area contributed by atoms with E-state index in [1.165, 1.54) is 24.3 Å². The molecule has 3 aromatic carbocycles. The van der Waals surface area contributed by atoms with Gasteiger partial charge in [0, 0.05) is 0 Å². The van der Waals surface area contributed by atoms with E-state index in [1.807, 2.05) is 20.8 Å². The number of rotatable bonds is 7. The maximum Gasteiger partial charge on any atom is 0.524 e. The molecule has 0 amide bonds. The summed E-state index contributed by atoms with van der Waals surface area (Å²) in [5, 5.41) is 0. The Hall–Kier alpha value is -2.46. The van der Waals surface area contributed by atoms with Gasteiger partial charge in [0.25, 0.3) is 20.2 Å². The molecule has 0 saturated carbocycles. The van der Waals surface area contributed by atoms with Crippen LogP contribution in [0.5, 0.6) is 0 Å². The molecule has 0 N–H and O–H groups in total. The molecule has 0 aliphatic carbocycles. The first kappa shape index (κ1) is 22.2. The van der Waals surface area contributed by atoms with Gasteiger partial charge in [-0.1, -0.05) is 65.2 Å². The molecule has 3 rings (SSSR count). The summed E-state index contributed by atoms with van der Waals surface area (Å²) in [4.78, 5) is -0.192. The third-order valence-electron chi connectivity index (χ3n) is 4.40. The minimum absolute atomic E-state index is 0.0958. The van der Waals surface area contributed by atoms with Crippen molar-refractivity contribution in [1.82, 2.24) is 0 Å². The zero-order chi connectivity index (χ0) is 21.9. The summed E-state index contributed by atoms with van der Waals surface area (Å²) in [5.74, 6) is 0. The van der Waals surface area contributed by atoms with Crippen molar-refractivity contribution in [2.45, 2.75) is 30.6 Å². The van der Waals surface area contributed by atoms with Crippen molar-refractivity contribution < 1.29 is 25.0 Å². The van der Waals surface area contributed by atoms with Gasteiger partial charge in [-0.2, -0.15) is 16.8 Å². The molecule has 6 nitrogen and oxygen atoms in total. The van der Waals surface area contributed by atoms with E-state index in [9.17, 15) is 16.8 Å². The van der Waals surface area contributed by atoms with Crippen LogP contribution >= 0.6 is 0 Å². The summed E-state index contributed by atoms with van der Waals surface area (Å²) in [6, 6.07) is 18.6. The van der Waals surface area contributed by atoms with Crippen LogP contribution in [0.15, 0.2) is 82.6 Å². The Kier molecular flexibility index (Phi) is 6.47. The highest BCUT2D eigenvalue weighted by atomic mass is 32.2. The highest BCUT2D eigenvalue weighted by Gasteiger charge is 2.35. The van der Waals surface area contributed by atoms with E-state index in [-0.39, 0.29) is 15.3 Å². The van der Waals surface area contributed by atoms with Gasteiger partial charge >= 0.3 is 7.12 Å². The quantitative estimate of drug-likeness (QED) is 0.521. The average Bonchev–Trinajstić information content (AvgIpc) is 2.68. The smallest absolute Gasteiger partial charge is 0.289 e. The van der Waals surface area contributed by atoms with Gasteiger partial charge in [0.05, 0.1) is 9.79 Å². The molecule has 0 aliphatic heterocycles. The van der Waals surface area contributed by atoms with Gasteiger partial charge in [-0.05, 0) is 50.5 Å². The molecular formula is C21H21BO6S2. The van der Waals surface area contributed by atoms with Gasteiger partial charge in [0.15, 0.2) is 0 Å². The highest BCUT2D eigenvalue weighted by molar-refractivity contribution is 7.89. The van der Waals surface area contributed by atoms with E-state index >= 15 is 0 Å². The fourth-order valence-electron chi connectivity index (χ4n) is 2.60. The lowest BCUT2D eigenvalue weighted by Crippen LogP contribution is -2.40. The molecule has 0 atom stereocenters. The molecule has 0 radical (unpaired) electrons. The molecule has 0 fully saturated rings. The molecule has 0 spiro atoms. The van der Waals surface area contributed by atoms with Gasteiger partial charge in [-0.15, -0.1) is 0 Å². The second-order valence-electron chi connectivity index (χ2n) is 6.97. The Morgan fingerprint density at radius 2 is 0.833 bits per heavy atom. The van der Waals surface area contributed by atoms with E-state index in [2.05, 4.69) is 0 Å². The van der Waals surface area contributed by atoms with E-state index in [0.717, 1.165) is 16.7 Å². The van der Waals surface area contributed by atoms with Crippen LogP contribution in [0.3, 0.4) is 0 Å². The van der Waals surface area contributed by atoms with Crippen LogP contribution in [0.1, 0.15) is 16.7 Å². The molecular weight excluding hydrogens is 423 g/mol. The first-order valence-corrected chi connectivity index (χ1v) is 11.9. The SMILES string of the molecule is Cc1ccc(B(OS(=O)(=O)c2ccc(C)cc2)OS(=O)(=O)c2ccc(C)cc2)cc1. The van der Waals surface area contributed by atoms with Crippen LogP contribution < -0.4 is 5.46 Å². The van der Waals surface area contributed by atoms with E-state index in [1.54, 1.807) is 48.5 Å². The van der Waals surface area contributed by atoms with Crippen molar-refractivity contribution in [1.29, 1.82) is 0 Å². The molecule has 0 saturated heterocycles. The van der Waals surface area contributed by atoms with Crippen LogP contribution in [0.4, 0.5) is 0 Å². The van der Waals surface area contributed by atoms with Crippen LogP contribution in [0, 0.1) is 20.8 Å². The topological polar surface area (TPSA) is 86.7 Å². The predicted octanol–water partition coefficient (Wildman–Crippen LogP) is 3.12. The zero-order valence-electron chi connectivity index (χ0n) is 16.8. The second-order valence-corrected chi connectivity index (χ2v) is 10.1. The first-order valence-electron chi connectivity index (χ1n) is 9.13. The van der Waals surface area contributed by atoms with Crippen molar-refractivity contribution in [3.63, 3.8) is 0 Å². The maximum absolute atomic E-state index is 12.8. The molecule has 0 unspecified atom stereocenters. The molecule has 0 aromatic heterocycles. The number of aryl methyl sites for hydroxylation is 3. The third kappa shape index (κ3) is 5.37. The van der Waals surface area contributed by atoms with Gasteiger partial charge in [-0.25, -0.2) is 0 Å². The van der Waals surface area contributed by atoms with Gasteiger partial charge in [-0.3, -0.25) is 8.20 Å². The molecule has 9 heteroatoms. The van der Waals surface area contributed by atoms with Gasteiger partial charge in [0.1, 0.15) is 0 Å². The minimum Gasteiger partial charge on any atom is -0.289 e. The van der Waals surface area contributed by atoms with Crippen molar-refractivity contribution in [2.24, 2.45) is 0 Å². The second kappa shape index (κ2) is 8.73. The van der Waals surface area contributed by atoms with Gasteiger partial charge < -0.3 is 0 Å². The largest absolute Gasteiger partial charge is 0.524 e. The molecule has 156 valence electrons. The van der Waals surface area contributed by atoms with Crippen molar-refractivity contribution >= 4 is 32.8 Å². The van der Waals surface area contributed by atoms with E-state index in [4.69, 9.17) is 8.20 Å². The van der Waals surface area contributed by atoms with Crippen molar-refractivity contribution in [2.75, 3.05) is 0 Å². The predicted molar refractivity (Wildman–Crippen MR) is 115 cm³/mol. The Morgan fingerprint density at radius 1 is 0.533 bits per heavy atom. The molecule has 0 heterocycles. The Morgan fingerprint density at radius 3 is 1.17 bits per heavy atom. The summed E-state index contributed by atoms with van der Waals surface area (Å²) in [6.07, 6.45) is 0. The molecule has 30 heavy (non-hydrogen) atoms. The lowest BCUT2D eigenvalue weighted by Gasteiger charge is -2.15. The summed E-state index contributed by atoms with van der Waals surface area (Å²) >= 11 is 0. The Labute approximate surface area is 177 Å². The van der Waals surface area contributed by atoms with E-state index < -0.39 is 27.4 Å². The number of benzene rings is 3. The summed E-state index contributed by atoms with van der Waals surface area (Å²) < 4.78 is 61.5. The van der Waals surface area contributed by atoms with Crippen molar-refractivity contribution in [3.05, 3.63) is 89.5 Å². The summed E-state index contributed by atoms with van der Waals surface area (Å²) in [7, 11) is -10.2. The Balaban J connectivity index is 1.97. The van der Waals surface area contributed by atoms with Crippen LogP contribution in [0.2, 0.25) is 0 Å². The molecule has 0 bridgehead atoms. The lowest BCUT2D eigenvalue weighted by molar-refractivity contribution is 0.416. The van der Waals surface area contributed by atoms with Crippen LogP contribution in [0.25, 0.3) is 0 Å². The summed E-state index contributed by atoms with van der Waals surface area (Å²) in [6.45, 7) is 5.50. The Bertz CT molecular complexity index is 1140. The fourth-order valence-corrected chi connectivity index (χ4v) is 4.57. The fraction of sp³-hybridized carbons (Fsp3) is 0.143. The zero-order valence-corrected chi connectivity index (χ0v) is 18.4. The first-order chi connectivity index (χ1) is 14.1. The van der Waals surface area contributed by atoms with Gasteiger partial charge in [0.2, 0.25) is 0 Å². The highest BCUT2D eigenvalue weighted by Crippen LogP contribution is 2.19. The normalized spacial score (nSPS) is 12.0. The average molecular weight is 444 g/mol. The summed E-state index contributed by atoms with van der Waals surface area (Å²) in [5.41, 5.74) is 2.93. The lowest BCUT2D eigenvalue weighted by atomic mass is 9.80. The molecule has 3 aromatic rings. The maximum atomic E-state index is 12.8. The van der Waals surface area contributed by atoms with Crippen molar-refractivity contribution in [3.8, 4) is 0 Å². The third-order valence-corrected chi connectivity index (χ3v) is 6.95. The monoisotopic (exact) mass is 444 g/mol. The van der Waals surface area contributed by atoms with Crippen LogP contribution in [-0.2, 0) is 28.4 Å². The molecule has 0 aliphatic rings.